The van der Waals surface area contributed by atoms with Crippen molar-refractivity contribution in [3.8, 4) is 5.75 Å². The van der Waals surface area contributed by atoms with E-state index in [1.807, 2.05) is 0 Å². The van der Waals surface area contributed by atoms with Crippen molar-refractivity contribution in [2.45, 2.75) is 6.92 Å². The third kappa shape index (κ3) is 3.27. The summed E-state index contributed by atoms with van der Waals surface area (Å²) in [7, 11) is 0. The molecule has 1 aromatic heterocycles. The van der Waals surface area contributed by atoms with Gasteiger partial charge in [-0.15, -0.1) is 0 Å². The molecule has 0 aliphatic heterocycles. The third-order valence-electron chi connectivity index (χ3n) is 3.24. The quantitative estimate of drug-likeness (QED) is 0.304. The highest BCUT2D eigenvalue weighted by molar-refractivity contribution is 5.93. The summed E-state index contributed by atoms with van der Waals surface area (Å²) in [5.41, 5.74) is -0.504. The van der Waals surface area contributed by atoms with Gasteiger partial charge in [-0.25, -0.2) is 9.78 Å². The summed E-state index contributed by atoms with van der Waals surface area (Å²) in [5.74, 6) is -0.419. The fourth-order valence-corrected chi connectivity index (χ4v) is 2.17. The first kappa shape index (κ1) is 16.1. The number of rotatable bonds is 4. The van der Waals surface area contributed by atoms with E-state index in [1.54, 1.807) is 13.0 Å². The number of carbonyl (C=O) groups is 1. The monoisotopic (exact) mass is 343 g/mol. The van der Waals surface area contributed by atoms with Gasteiger partial charge in [-0.3, -0.25) is 20.2 Å². The Hall–Kier alpha value is -3.82. The minimum Gasteiger partial charge on any atom is -0.441 e. The number of benzene rings is 2. The van der Waals surface area contributed by atoms with E-state index in [0.29, 0.717) is 17.0 Å². The topological polar surface area (TPSA) is 139 Å². The molecule has 10 nitrogen and oxygen atoms in total. The van der Waals surface area contributed by atoms with Crippen LogP contribution in [0.3, 0.4) is 0 Å². The number of aryl methyl sites for hydroxylation is 1. The van der Waals surface area contributed by atoms with E-state index in [4.69, 9.17) is 9.15 Å². The molecule has 0 saturated carbocycles. The van der Waals surface area contributed by atoms with Crippen LogP contribution in [0.2, 0.25) is 0 Å². The minimum atomic E-state index is -0.970. The molecule has 3 rings (SSSR count). The molecular weight excluding hydrogens is 334 g/mol. The first-order valence-electron chi connectivity index (χ1n) is 6.87. The van der Waals surface area contributed by atoms with Crippen LogP contribution in [-0.4, -0.2) is 20.8 Å². The van der Waals surface area contributed by atoms with Gasteiger partial charge in [-0.1, -0.05) is 0 Å². The summed E-state index contributed by atoms with van der Waals surface area (Å²) >= 11 is 0. The van der Waals surface area contributed by atoms with E-state index in [9.17, 15) is 25.0 Å². The summed E-state index contributed by atoms with van der Waals surface area (Å²) < 4.78 is 10.4. The molecule has 3 aromatic rings. The number of non-ortho nitro benzene ring substituents is 2. The van der Waals surface area contributed by atoms with Gasteiger partial charge in [0.25, 0.3) is 11.4 Å². The Balaban J connectivity index is 1.93. The van der Waals surface area contributed by atoms with Crippen LogP contribution in [0, 0.1) is 27.2 Å². The summed E-state index contributed by atoms with van der Waals surface area (Å²) in [6.07, 6.45) is 0. The molecule has 0 unspecified atom stereocenters. The van der Waals surface area contributed by atoms with Crippen LogP contribution in [0.1, 0.15) is 16.2 Å². The molecule has 10 heteroatoms. The number of nitrogens with zero attached hydrogens (tertiary/aromatic N) is 3. The summed E-state index contributed by atoms with van der Waals surface area (Å²) in [6, 6.07) is 7.05. The van der Waals surface area contributed by atoms with Gasteiger partial charge in [-0.2, -0.15) is 0 Å². The van der Waals surface area contributed by atoms with Crippen molar-refractivity contribution in [1.29, 1.82) is 0 Å². The van der Waals surface area contributed by atoms with E-state index >= 15 is 0 Å². The van der Waals surface area contributed by atoms with Crippen LogP contribution in [0.4, 0.5) is 11.4 Å². The third-order valence-corrected chi connectivity index (χ3v) is 3.24. The van der Waals surface area contributed by atoms with Gasteiger partial charge in [0, 0.05) is 25.1 Å². The second kappa shape index (κ2) is 6.00. The molecule has 0 spiro atoms. The number of nitro benzene ring substituents is 2. The molecule has 126 valence electrons. The molecule has 0 bridgehead atoms. The average molecular weight is 343 g/mol. The average Bonchev–Trinajstić information content (AvgIpc) is 2.93. The number of hydrogen-bond acceptors (Lipinski definition) is 8. The van der Waals surface area contributed by atoms with Gasteiger partial charge in [0.05, 0.1) is 21.5 Å². The number of aromatic nitrogens is 1. The predicted octanol–water partition coefficient (Wildman–Crippen LogP) is 3.17. The van der Waals surface area contributed by atoms with Crippen LogP contribution >= 0.6 is 0 Å². The Bertz CT molecular complexity index is 993. The normalized spacial score (nSPS) is 10.6. The van der Waals surface area contributed by atoms with Crippen molar-refractivity contribution in [2.24, 2.45) is 0 Å². The predicted molar refractivity (Wildman–Crippen MR) is 83.5 cm³/mol. The van der Waals surface area contributed by atoms with Gasteiger partial charge >= 0.3 is 5.97 Å². The van der Waals surface area contributed by atoms with E-state index in [0.717, 1.165) is 18.2 Å². The summed E-state index contributed by atoms with van der Waals surface area (Å²) in [4.78, 5) is 36.4. The Morgan fingerprint density at radius 3 is 2.32 bits per heavy atom. The number of fused-ring (bicyclic) bond motifs is 1. The first-order chi connectivity index (χ1) is 11.8. The van der Waals surface area contributed by atoms with Gasteiger partial charge in [0.15, 0.2) is 11.5 Å². The lowest BCUT2D eigenvalue weighted by molar-refractivity contribution is -0.394. The van der Waals surface area contributed by atoms with Crippen molar-refractivity contribution in [3.05, 3.63) is 68.1 Å². The molecule has 0 amide bonds. The number of nitro groups is 2. The maximum Gasteiger partial charge on any atom is 0.344 e. The zero-order chi connectivity index (χ0) is 18.1. The van der Waals surface area contributed by atoms with Crippen LogP contribution in [-0.2, 0) is 0 Å². The van der Waals surface area contributed by atoms with E-state index in [2.05, 4.69) is 4.98 Å². The lowest BCUT2D eigenvalue weighted by atomic mass is 10.2. The largest absolute Gasteiger partial charge is 0.441 e. The fraction of sp³-hybridized carbons (Fsp3) is 0.0667. The van der Waals surface area contributed by atoms with Crippen LogP contribution in [0.15, 0.2) is 40.8 Å². The van der Waals surface area contributed by atoms with Gasteiger partial charge < -0.3 is 9.15 Å². The SMILES string of the molecule is Cc1nc2ccc(OC(=O)c3cc([N+](=O)[O-])cc([N+](=O)[O-])c3)cc2o1. The minimum absolute atomic E-state index is 0.114. The maximum atomic E-state index is 12.2. The Labute approximate surface area is 138 Å². The molecule has 0 N–H and O–H groups in total. The van der Waals surface area contributed by atoms with Crippen molar-refractivity contribution in [1.82, 2.24) is 4.98 Å². The molecule has 2 aromatic carbocycles. The zero-order valence-electron chi connectivity index (χ0n) is 12.7. The second-order valence-corrected chi connectivity index (χ2v) is 5.00. The van der Waals surface area contributed by atoms with E-state index in [-0.39, 0.29) is 11.3 Å². The van der Waals surface area contributed by atoms with Crippen LogP contribution in [0.5, 0.6) is 5.75 Å². The smallest absolute Gasteiger partial charge is 0.344 e. The number of hydrogen-bond donors (Lipinski definition) is 0. The summed E-state index contributed by atoms with van der Waals surface area (Å²) in [5, 5.41) is 21.7. The lowest BCUT2D eigenvalue weighted by Crippen LogP contribution is -2.09. The number of oxazole rings is 1. The number of ether oxygens (including phenoxy) is 1. The van der Waals surface area contributed by atoms with Gasteiger partial charge in [-0.05, 0) is 12.1 Å². The molecule has 0 fully saturated rings. The van der Waals surface area contributed by atoms with Crippen molar-refractivity contribution < 1.29 is 23.8 Å². The Morgan fingerprint density at radius 1 is 1.08 bits per heavy atom. The molecule has 0 saturated heterocycles. The Kier molecular flexibility index (Phi) is 3.85. The maximum absolute atomic E-state index is 12.2. The molecular formula is C15H9N3O7. The second-order valence-electron chi connectivity index (χ2n) is 5.00. The van der Waals surface area contributed by atoms with Crippen molar-refractivity contribution in [3.63, 3.8) is 0 Å². The zero-order valence-corrected chi connectivity index (χ0v) is 12.7. The van der Waals surface area contributed by atoms with Crippen molar-refractivity contribution in [2.75, 3.05) is 0 Å². The Morgan fingerprint density at radius 2 is 1.72 bits per heavy atom. The molecule has 0 atom stereocenters. The lowest BCUT2D eigenvalue weighted by Gasteiger charge is -2.04. The highest BCUT2D eigenvalue weighted by Crippen LogP contribution is 2.25. The molecule has 1 heterocycles. The molecule has 25 heavy (non-hydrogen) atoms. The molecule has 0 aliphatic rings. The van der Waals surface area contributed by atoms with E-state index < -0.39 is 27.2 Å². The highest BCUT2D eigenvalue weighted by atomic mass is 16.6. The van der Waals surface area contributed by atoms with Crippen LogP contribution in [0.25, 0.3) is 11.1 Å². The molecule has 0 aliphatic carbocycles. The highest BCUT2D eigenvalue weighted by Gasteiger charge is 2.21. The van der Waals surface area contributed by atoms with Gasteiger partial charge in [0.2, 0.25) is 0 Å². The van der Waals surface area contributed by atoms with Gasteiger partial charge in [0.1, 0.15) is 11.3 Å². The number of esters is 1. The van der Waals surface area contributed by atoms with E-state index in [1.165, 1.54) is 12.1 Å². The van der Waals surface area contributed by atoms with Crippen molar-refractivity contribution >= 4 is 28.4 Å². The standard InChI is InChI=1S/C15H9N3O7/c1-8-16-13-3-2-12(7-14(13)24-8)25-15(19)9-4-10(17(20)21)6-11(5-9)18(22)23/h2-7H,1H3. The number of carbonyl (C=O) groups excluding carboxylic acids is 1. The fourth-order valence-electron chi connectivity index (χ4n) is 2.17. The summed E-state index contributed by atoms with van der Waals surface area (Å²) in [6.45, 7) is 1.66. The molecule has 0 radical (unpaired) electrons. The van der Waals surface area contributed by atoms with Crippen LogP contribution < -0.4 is 4.74 Å². The first-order valence-corrected chi connectivity index (χ1v) is 6.87.